The molecule has 2 amide bonds. The van der Waals surface area contributed by atoms with E-state index in [0.717, 1.165) is 22.7 Å². The van der Waals surface area contributed by atoms with Crippen molar-refractivity contribution in [2.45, 2.75) is 6.54 Å². The van der Waals surface area contributed by atoms with Crippen LogP contribution in [0, 0.1) is 0 Å². The number of ether oxygens (including phenoxy) is 2. The first kappa shape index (κ1) is 20.3. The molecule has 0 spiro atoms. The van der Waals surface area contributed by atoms with E-state index in [1.54, 1.807) is 18.1 Å². The summed E-state index contributed by atoms with van der Waals surface area (Å²) < 4.78 is 10.2. The van der Waals surface area contributed by atoms with Gasteiger partial charge < -0.3 is 20.1 Å². The molecule has 31 heavy (non-hydrogen) atoms. The van der Waals surface area contributed by atoms with Crippen molar-refractivity contribution < 1.29 is 19.1 Å². The minimum absolute atomic E-state index is 0.192. The highest BCUT2D eigenvalue weighted by molar-refractivity contribution is 6.00. The lowest BCUT2D eigenvalue weighted by atomic mass is 10.1. The highest BCUT2D eigenvalue weighted by Crippen LogP contribution is 2.23. The molecule has 158 valence electrons. The lowest BCUT2D eigenvalue weighted by Crippen LogP contribution is -2.25. The van der Waals surface area contributed by atoms with Gasteiger partial charge in [-0.3, -0.25) is 9.69 Å². The SMILES string of the molecule is COc1ccc(Nc2ccccc2C(=O)NCc2cccc(N3CCOC3=O)c2)cc1. The molecule has 4 rings (SSSR count). The molecular weight excluding hydrogens is 394 g/mol. The van der Waals surface area contributed by atoms with Crippen LogP contribution in [0.25, 0.3) is 0 Å². The summed E-state index contributed by atoms with van der Waals surface area (Å²) in [4.78, 5) is 26.2. The average molecular weight is 417 g/mol. The molecule has 1 heterocycles. The molecule has 1 fully saturated rings. The van der Waals surface area contributed by atoms with E-state index in [0.29, 0.717) is 30.9 Å². The number of hydrogen-bond acceptors (Lipinski definition) is 5. The molecule has 3 aromatic rings. The van der Waals surface area contributed by atoms with Gasteiger partial charge in [0.25, 0.3) is 5.91 Å². The molecule has 7 heteroatoms. The number of cyclic esters (lactones) is 1. The van der Waals surface area contributed by atoms with E-state index in [1.807, 2.05) is 66.7 Å². The summed E-state index contributed by atoms with van der Waals surface area (Å²) in [6.45, 7) is 1.25. The summed E-state index contributed by atoms with van der Waals surface area (Å²) in [5.74, 6) is 0.573. The van der Waals surface area contributed by atoms with Gasteiger partial charge in [-0.2, -0.15) is 0 Å². The predicted octanol–water partition coefficient (Wildman–Crippen LogP) is 4.33. The molecule has 1 saturated heterocycles. The molecule has 1 aliphatic rings. The van der Waals surface area contributed by atoms with E-state index in [9.17, 15) is 9.59 Å². The van der Waals surface area contributed by atoms with Gasteiger partial charge in [0.1, 0.15) is 12.4 Å². The van der Waals surface area contributed by atoms with E-state index in [2.05, 4.69) is 10.6 Å². The number of para-hydroxylation sites is 1. The van der Waals surface area contributed by atoms with Crippen LogP contribution >= 0.6 is 0 Å². The Balaban J connectivity index is 1.44. The number of nitrogens with zero attached hydrogens (tertiary/aromatic N) is 1. The van der Waals surface area contributed by atoms with Gasteiger partial charge in [0.05, 0.1) is 24.9 Å². The molecule has 0 bridgehead atoms. The third-order valence-electron chi connectivity index (χ3n) is 4.98. The molecule has 0 saturated carbocycles. The van der Waals surface area contributed by atoms with Gasteiger partial charge in [-0.15, -0.1) is 0 Å². The minimum atomic E-state index is -0.347. The Labute approximate surface area is 180 Å². The van der Waals surface area contributed by atoms with Crippen molar-refractivity contribution in [3.05, 3.63) is 83.9 Å². The Bertz CT molecular complexity index is 1080. The number of carbonyl (C=O) groups excluding carboxylic acids is 2. The molecule has 0 aromatic heterocycles. The zero-order valence-corrected chi connectivity index (χ0v) is 17.1. The van der Waals surface area contributed by atoms with Crippen LogP contribution in [-0.4, -0.2) is 32.3 Å². The fourth-order valence-corrected chi connectivity index (χ4v) is 3.36. The van der Waals surface area contributed by atoms with Crippen LogP contribution in [0.2, 0.25) is 0 Å². The van der Waals surface area contributed by atoms with Crippen molar-refractivity contribution in [1.82, 2.24) is 5.32 Å². The Morgan fingerprint density at radius 1 is 1.06 bits per heavy atom. The summed E-state index contributed by atoms with van der Waals surface area (Å²) in [7, 11) is 1.62. The zero-order valence-electron chi connectivity index (χ0n) is 17.1. The summed E-state index contributed by atoms with van der Waals surface area (Å²) in [6.07, 6.45) is -0.347. The molecule has 0 radical (unpaired) electrons. The van der Waals surface area contributed by atoms with Gasteiger partial charge in [0.2, 0.25) is 0 Å². The van der Waals surface area contributed by atoms with E-state index in [-0.39, 0.29) is 12.0 Å². The second-order valence-corrected chi connectivity index (χ2v) is 7.02. The van der Waals surface area contributed by atoms with Crippen molar-refractivity contribution in [3.8, 4) is 5.75 Å². The van der Waals surface area contributed by atoms with Crippen molar-refractivity contribution in [2.75, 3.05) is 30.5 Å². The number of rotatable bonds is 7. The monoisotopic (exact) mass is 417 g/mol. The number of benzene rings is 3. The maximum absolute atomic E-state index is 12.9. The summed E-state index contributed by atoms with van der Waals surface area (Å²) in [5.41, 5.74) is 3.75. The quantitative estimate of drug-likeness (QED) is 0.598. The van der Waals surface area contributed by atoms with E-state index < -0.39 is 0 Å². The van der Waals surface area contributed by atoms with E-state index in [1.165, 1.54) is 0 Å². The number of carbonyl (C=O) groups is 2. The van der Waals surface area contributed by atoms with Crippen LogP contribution in [0.3, 0.4) is 0 Å². The van der Waals surface area contributed by atoms with Gasteiger partial charge >= 0.3 is 6.09 Å². The fraction of sp³-hybridized carbons (Fsp3) is 0.167. The van der Waals surface area contributed by atoms with E-state index in [4.69, 9.17) is 9.47 Å². The Hall–Kier alpha value is -4.00. The second kappa shape index (κ2) is 9.21. The molecular formula is C24H23N3O4. The van der Waals surface area contributed by atoms with Gasteiger partial charge in [-0.1, -0.05) is 24.3 Å². The van der Waals surface area contributed by atoms with Crippen molar-refractivity contribution in [3.63, 3.8) is 0 Å². The minimum Gasteiger partial charge on any atom is -0.497 e. The van der Waals surface area contributed by atoms with Gasteiger partial charge in [0, 0.05) is 17.9 Å². The number of anilines is 3. The lowest BCUT2D eigenvalue weighted by molar-refractivity contribution is 0.0951. The third kappa shape index (κ3) is 4.78. The normalized spacial score (nSPS) is 12.9. The molecule has 0 unspecified atom stereocenters. The summed E-state index contributed by atoms with van der Waals surface area (Å²) in [6, 6.07) is 22.3. The molecule has 2 N–H and O–H groups in total. The highest BCUT2D eigenvalue weighted by atomic mass is 16.6. The number of methoxy groups -OCH3 is 1. The highest BCUT2D eigenvalue weighted by Gasteiger charge is 2.23. The van der Waals surface area contributed by atoms with Crippen LogP contribution in [0.1, 0.15) is 15.9 Å². The Kier molecular flexibility index (Phi) is 6.03. The first-order valence-electron chi connectivity index (χ1n) is 9.95. The van der Waals surface area contributed by atoms with E-state index >= 15 is 0 Å². The second-order valence-electron chi connectivity index (χ2n) is 7.02. The first-order chi connectivity index (χ1) is 15.1. The van der Waals surface area contributed by atoms with Gasteiger partial charge in [0.15, 0.2) is 0 Å². The standard InChI is InChI=1S/C24H23N3O4/c1-30-20-11-9-18(10-12-20)26-22-8-3-2-7-21(22)23(28)25-16-17-5-4-6-19(15-17)27-13-14-31-24(27)29/h2-12,15,26H,13-14,16H2,1H3,(H,25,28). The zero-order chi connectivity index (χ0) is 21.6. The molecule has 1 aliphatic heterocycles. The Morgan fingerprint density at radius 3 is 2.61 bits per heavy atom. The van der Waals surface area contributed by atoms with Gasteiger partial charge in [-0.25, -0.2) is 4.79 Å². The van der Waals surface area contributed by atoms with Gasteiger partial charge in [-0.05, 0) is 54.1 Å². The van der Waals surface area contributed by atoms with Crippen LogP contribution in [0.15, 0.2) is 72.8 Å². The van der Waals surface area contributed by atoms with Crippen LogP contribution < -0.4 is 20.3 Å². The smallest absolute Gasteiger partial charge is 0.414 e. The largest absolute Gasteiger partial charge is 0.497 e. The topological polar surface area (TPSA) is 79.9 Å². The van der Waals surface area contributed by atoms with Crippen LogP contribution in [0.5, 0.6) is 5.75 Å². The average Bonchev–Trinajstić information content (AvgIpc) is 3.24. The maximum Gasteiger partial charge on any atom is 0.414 e. The Morgan fingerprint density at radius 2 is 1.87 bits per heavy atom. The molecule has 3 aromatic carbocycles. The van der Waals surface area contributed by atoms with Crippen molar-refractivity contribution >= 4 is 29.1 Å². The maximum atomic E-state index is 12.9. The first-order valence-corrected chi connectivity index (χ1v) is 9.95. The summed E-state index contributed by atoms with van der Waals surface area (Å²) in [5, 5.41) is 6.23. The molecule has 0 aliphatic carbocycles. The van der Waals surface area contributed by atoms with Crippen LogP contribution in [0.4, 0.5) is 21.9 Å². The lowest BCUT2D eigenvalue weighted by Gasteiger charge is -2.15. The third-order valence-corrected chi connectivity index (χ3v) is 4.98. The number of nitrogens with one attached hydrogen (secondary N) is 2. The fourth-order valence-electron chi connectivity index (χ4n) is 3.36. The predicted molar refractivity (Wildman–Crippen MR) is 119 cm³/mol. The number of hydrogen-bond donors (Lipinski definition) is 2. The molecule has 0 atom stereocenters. The van der Waals surface area contributed by atoms with Crippen molar-refractivity contribution in [2.24, 2.45) is 0 Å². The van der Waals surface area contributed by atoms with Crippen LogP contribution in [-0.2, 0) is 11.3 Å². The van der Waals surface area contributed by atoms with Crippen molar-refractivity contribution in [1.29, 1.82) is 0 Å². The summed E-state index contributed by atoms with van der Waals surface area (Å²) >= 11 is 0. The number of amides is 2. The molecule has 7 nitrogen and oxygen atoms in total.